The van der Waals surface area contributed by atoms with Crippen molar-refractivity contribution in [2.45, 2.75) is 64.1 Å². The number of hydrogen-bond acceptors (Lipinski definition) is 4. The fourth-order valence-electron chi connectivity index (χ4n) is 5.18. The summed E-state index contributed by atoms with van der Waals surface area (Å²) in [5, 5.41) is 3.25. The zero-order valence-corrected chi connectivity index (χ0v) is 17.7. The van der Waals surface area contributed by atoms with Gasteiger partial charge < -0.3 is 14.5 Å². The van der Waals surface area contributed by atoms with Crippen molar-refractivity contribution in [3.63, 3.8) is 0 Å². The maximum atomic E-state index is 12.3. The first kappa shape index (κ1) is 20.2. The second-order valence-electron chi connectivity index (χ2n) is 8.31. The van der Waals surface area contributed by atoms with Crippen LogP contribution in [0.4, 0.5) is 0 Å². The molecule has 4 rings (SSSR count). The van der Waals surface area contributed by atoms with Gasteiger partial charge in [-0.25, -0.2) is 0 Å². The van der Waals surface area contributed by atoms with Crippen molar-refractivity contribution in [1.82, 2.24) is 10.2 Å². The fraction of sp³-hybridized carbons (Fsp3) is 0.542. The number of benzene rings is 1. The highest BCUT2D eigenvalue weighted by Gasteiger charge is 2.54. The quantitative estimate of drug-likeness (QED) is 0.798. The Morgan fingerprint density at radius 2 is 1.97 bits per heavy atom. The molecule has 2 atom stereocenters. The summed E-state index contributed by atoms with van der Waals surface area (Å²) >= 11 is 0. The van der Waals surface area contributed by atoms with Gasteiger partial charge in [-0.2, -0.15) is 0 Å². The van der Waals surface area contributed by atoms with Gasteiger partial charge in [-0.05, 0) is 63.0 Å². The van der Waals surface area contributed by atoms with Crippen molar-refractivity contribution in [3.05, 3.63) is 59.0 Å². The summed E-state index contributed by atoms with van der Waals surface area (Å²) in [6, 6.07) is 12.6. The number of ether oxygens (including phenoxy) is 1. The number of carbonyl (C=O) groups is 1. The van der Waals surface area contributed by atoms with Crippen molar-refractivity contribution >= 4 is 5.91 Å². The van der Waals surface area contributed by atoms with Gasteiger partial charge in [-0.3, -0.25) is 9.69 Å². The van der Waals surface area contributed by atoms with E-state index in [2.05, 4.69) is 40.5 Å². The Hall–Kier alpha value is -2.11. The summed E-state index contributed by atoms with van der Waals surface area (Å²) in [6.07, 6.45) is 2.51. The van der Waals surface area contributed by atoms with Crippen molar-refractivity contribution in [1.29, 1.82) is 0 Å². The highest BCUT2D eigenvalue weighted by atomic mass is 16.5. The molecule has 0 unspecified atom stereocenters. The molecule has 2 heterocycles. The molecule has 5 nitrogen and oxygen atoms in total. The van der Waals surface area contributed by atoms with E-state index in [1.54, 1.807) is 0 Å². The number of likely N-dealkylation sites (tertiary alicyclic amines) is 1. The average Bonchev–Trinajstić information content (AvgIpc) is 3.25. The summed E-state index contributed by atoms with van der Waals surface area (Å²) < 4.78 is 12.1. The summed E-state index contributed by atoms with van der Waals surface area (Å²) in [7, 11) is 0. The third-order valence-corrected chi connectivity index (χ3v) is 6.59. The number of carbonyl (C=O) groups excluding carboxylic acids is 1. The zero-order chi connectivity index (χ0) is 20.4. The Labute approximate surface area is 173 Å². The molecule has 156 valence electrons. The molecule has 29 heavy (non-hydrogen) atoms. The van der Waals surface area contributed by atoms with E-state index in [0.717, 1.165) is 44.0 Å². The molecule has 2 aliphatic rings. The average molecular weight is 397 g/mol. The van der Waals surface area contributed by atoms with Crippen LogP contribution >= 0.6 is 0 Å². The molecule has 0 saturated carbocycles. The lowest BCUT2D eigenvalue weighted by Crippen LogP contribution is -2.50. The zero-order valence-electron chi connectivity index (χ0n) is 17.7. The van der Waals surface area contributed by atoms with Crippen LogP contribution in [0.1, 0.15) is 61.8 Å². The molecule has 1 aliphatic heterocycles. The molecule has 1 amide bonds. The molecule has 1 N–H and O–H groups in total. The minimum atomic E-state index is -0.0714. The maximum absolute atomic E-state index is 12.3. The van der Waals surface area contributed by atoms with E-state index in [1.807, 2.05) is 26.8 Å². The standard InChI is InChI=1S/C24H32N2O3/c1-4-21(27)25-22-19-8-6-7-9-20(19)24(23(22)28-5-2)12-14-26(15-13-24)16-18-11-10-17(3)29-18/h6-11,22-23H,4-5,12-16H2,1-3H3,(H,25,27)/t22-,23+/m1/s1. The van der Waals surface area contributed by atoms with Crippen LogP contribution in [0.3, 0.4) is 0 Å². The summed E-state index contributed by atoms with van der Waals surface area (Å²) in [5.74, 6) is 2.07. The van der Waals surface area contributed by atoms with Crippen molar-refractivity contribution < 1.29 is 13.9 Å². The molecule has 1 saturated heterocycles. The van der Waals surface area contributed by atoms with E-state index in [9.17, 15) is 4.79 Å². The molecule has 2 aromatic rings. The first-order valence-electron chi connectivity index (χ1n) is 10.9. The Morgan fingerprint density at radius 3 is 2.62 bits per heavy atom. The fourth-order valence-corrected chi connectivity index (χ4v) is 5.18. The molecular weight excluding hydrogens is 364 g/mol. The lowest BCUT2D eigenvalue weighted by atomic mass is 9.72. The molecule has 1 fully saturated rings. The van der Waals surface area contributed by atoms with Crippen LogP contribution in [0.15, 0.2) is 40.8 Å². The third-order valence-electron chi connectivity index (χ3n) is 6.59. The van der Waals surface area contributed by atoms with Gasteiger partial charge in [-0.15, -0.1) is 0 Å². The number of furan rings is 1. The normalized spacial score (nSPS) is 23.3. The smallest absolute Gasteiger partial charge is 0.220 e. The molecule has 0 radical (unpaired) electrons. The molecule has 1 aromatic carbocycles. The number of amides is 1. The first-order valence-corrected chi connectivity index (χ1v) is 10.9. The highest BCUT2D eigenvalue weighted by Crippen LogP contribution is 2.52. The monoisotopic (exact) mass is 396 g/mol. The van der Waals surface area contributed by atoms with Gasteiger partial charge in [0.25, 0.3) is 0 Å². The molecule has 1 aliphatic carbocycles. The van der Waals surface area contributed by atoms with Crippen molar-refractivity contribution in [2.75, 3.05) is 19.7 Å². The number of fused-ring (bicyclic) bond motifs is 2. The van der Waals surface area contributed by atoms with E-state index in [0.29, 0.717) is 13.0 Å². The maximum Gasteiger partial charge on any atom is 0.220 e. The largest absolute Gasteiger partial charge is 0.465 e. The molecule has 1 aromatic heterocycles. The second kappa shape index (κ2) is 8.33. The molecule has 1 spiro atoms. The molecular formula is C24H32N2O3. The summed E-state index contributed by atoms with van der Waals surface area (Å²) in [5.41, 5.74) is 2.53. The molecule has 0 bridgehead atoms. The summed E-state index contributed by atoms with van der Waals surface area (Å²) in [4.78, 5) is 14.7. The molecule has 5 heteroatoms. The van der Waals surface area contributed by atoms with Crippen LogP contribution in [0.5, 0.6) is 0 Å². The number of aryl methyl sites for hydroxylation is 1. The van der Waals surface area contributed by atoms with Gasteiger partial charge in [0, 0.05) is 18.4 Å². The number of hydrogen-bond donors (Lipinski definition) is 1. The minimum Gasteiger partial charge on any atom is -0.465 e. The Morgan fingerprint density at radius 1 is 1.21 bits per heavy atom. The predicted molar refractivity (Wildman–Crippen MR) is 113 cm³/mol. The van der Waals surface area contributed by atoms with Gasteiger partial charge in [0.1, 0.15) is 11.5 Å². The van der Waals surface area contributed by atoms with Gasteiger partial charge >= 0.3 is 0 Å². The predicted octanol–water partition coefficient (Wildman–Crippen LogP) is 4.11. The van der Waals surface area contributed by atoms with Crippen LogP contribution < -0.4 is 5.32 Å². The van der Waals surface area contributed by atoms with Crippen LogP contribution in [-0.4, -0.2) is 36.6 Å². The Balaban J connectivity index is 1.58. The van der Waals surface area contributed by atoms with Gasteiger partial charge in [-0.1, -0.05) is 31.2 Å². The highest BCUT2D eigenvalue weighted by molar-refractivity contribution is 5.76. The van der Waals surface area contributed by atoms with Crippen LogP contribution in [0, 0.1) is 6.92 Å². The Kier molecular flexibility index (Phi) is 5.79. The lowest BCUT2D eigenvalue weighted by Gasteiger charge is -2.44. The van der Waals surface area contributed by atoms with E-state index in [1.165, 1.54) is 11.1 Å². The topological polar surface area (TPSA) is 54.7 Å². The van der Waals surface area contributed by atoms with Gasteiger partial charge in [0.2, 0.25) is 5.91 Å². The van der Waals surface area contributed by atoms with Crippen LogP contribution in [0.2, 0.25) is 0 Å². The second-order valence-corrected chi connectivity index (χ2v) is 8.31. The van der Waals surface area contributed by atoms with E-state index >= 15 is 0 Å². The van der Waals surface area contributed by atoms with E-state index in [-0.39, 0.29) is 23.5 Å². The number of piperidine rings is 1. The lowest BCUT2D eigenvalue weighted by molar-refractivity contribution is -0.123. The number of nitrogens with one attached hydrogen (secondary N) is 1. The Bertz CT molecular complexity index is 851. The van der Waals surface area contributed by atoms with E-state index in [4.69, 9.17) is 9.15 Å². The SMILES string of the molecule is CCO[C@H]1[C@H](NC(=O)CC)c2ccccc2C12CCN(Cc1ccc(C)o1)CC2. The van der Waals surface area contributed by atoms with Crippen LogP contribution in [-0.2, 0) is 21.5 Å². The van der Waals surface area contributed by atoms with Crippen molar-refractivity contribution in [3.8, 4) is 0 Å². The van der Waals surface area contributed by atoms with Gasteiger partial charge in [0.15, 0.2) is 0 Å². The third kappa shape index (κ3) is 3.74. The van der Waals surface area contributed by atoms with E-state index < -0.39 is 0 Å². The van der Waals surface area contributed by atoms with Gasteiger partial charge in [0.05, 0.1) is 18.7 Å². The summed E-state index contributed by atoms with van der Waals surface area (Å²) in [6.45, 7) is 9.41. The van der Waals surface area contributed by atoms with Crippen molar-refractivity contribution in [2.24, 2.45) is 0 Å². The number of nitrogens with zero attached hydrogens (tertiary/aromatic N) is 1. The first-order chi connectivity index (χ1) is 14.1. The van der Waals surface area contributed by atoms with Crippen LogP contribution in [0.25, 0.3) is 0 Å². The number of rotatable bonds is 6. The minimum absolute atomic E-state index is 0.0200.